The number of carbonyl (C=O) groups excluding carboxylic acids is 2. The molecule has 5 nitrogen and oxygen atoms in total. The predicted octanol–water partition coefficient (Wildman–Crippen LogP) is 3.88. The van der Waals surface area contributed by atoms with Crippen molar-refractivity contribution in [3.63, 3.8) is 0 Å². The van der Waals surface area contributed by atoms with Crippen LogP contribution in [0.2, 0.25) is 5.02 Å². The summed E-state index contributed by atoms with van der Waals surface area (Å²) in [5.74, 6) is 0.0813. The molecule has 1 aromatic carbocycles. The van der Waals surface area contributed by atoms with E-state index in [1.54, 1.807) is 4.90 Å². The molecule has 0 spiro atoms. The topological polar surface area (TPSA) is 52.7 Å². The molecule has 3 rings (SSSR count). The lowest BCUT2D eigenvalue weighted by Gasteiger charge is -2.37. The van der Waals surface area contributed by atoms with Crippen LogP contribution in [-0.2, 0) is 15.8 Å². The molecule has 2 amide bonds. The van der Waals surface area contributed by atoms with Crippen molar-refractivity contribution in [3.8, 4) is 0 Å². The van der Waals surface area contributed by atoms with Gasteiger partial charge in [-0.05, 0) is 37.0 Å². The number of alkyl halides is 3. The molecule has 0 unspecified atom stereocenters. The number of benzene rings is 1. The molecule has 0 bridgehead atoms. The van der Waals surface area contributed by atoms with E-state index >= 15 is 0 Å². The summed E-state index contributed by atoms with van der Waals surface area (Å²) in [5, 5.41) is 2.93. The first-order valence-corrected chi connectivity index (χ1v) is 10.2. The number of rotatable bonds is 5. The fourth-order valence-electron chi connectivity index (χ4n) is 3.42. The van der Waals surface area contributed by atoms with Crippen molar-refractivity contribution < 1.29 is 22.8 Å². The lowest BCUT2D eigenvalue weighted by Crippen LogP contribution is -2.55. The average Bonchev–Trinajstić information content (AvgIpc) is 3.50. The van der Waals surface area contributed by atoms with E-state index in [0.717, 1.165) is 25.0 Å². The number of anilines is 1. The molecule has 2 aliphatic rings. The van der Waals surface area contributed by atoms with Crippen LogP contribution in [0.1, 0.15) is 32.3 Å². The van der Waals surface area contributed by atoms with Crippen LogP contribution in [0.4, 0.5) is 18.9 Å². The average molecular weight is 432 g/mol. The number of nitrogens with zero attached hydrogens (tertiary/aromatic N) is 2. The third kappa shape index (κ3) is 5.15. The number of nitrogens with one attached hydrogen (secondary N) is 1. The monoisotopic (exact) mass is 431 g/mol. The van der Waals surface area contributed by atoms with Gasteiger partial charge in [0.1, 0.15) is 6.04 Å². The second-order valence-corrected chi connectivity index (χ2v) is 8.39. The Morgan fingerprint density at radius 2 is 1.69 bits per heavy atom. The van der Waals surface area contributed by atoms with Crippen LogP contribution < -0.4 is 5.32 Å². The molecule has 9 heteroatoms. The van der Waals surface area contributed by atoms with Gasteiger partial charge in [-0.15, -0.1) is 0 Å². The Balaban J connectivity index is 1.65. The molecule has 1 atom stereocenters. The van der Waals surface area contributed by atoms with Gasteiger partial charge in [-0.1, -0.05) is 25.4 Å². The minimum atomic E-state index is -4.48. The largest absolute Gasteiger partial charge is 0.416 e. The first-order chi connectivity index (χ1) is 13.6. The summed E-state index contributed by atoms with van der Waals surface area (Å²) >= 11 is 6.03. The molecular weight excluding hydrogens is 407 g/mol. The summed E-state index contributed by atoms with van der Waals surface area (Å²) in [6.45, 7) is 5.63. The van der Waals surface area contributed by atoms with Gasteiger partial charge in [-0.2, -0.15) is 13.2 Å². The number of hydrogen-bond acceptors (Lipinski definition) is 3. The maximum Gasteiger partial charge on any atom is 0.416 e. The van der Waals surface area contributed by atoms with Crippen molar-refractivity contribution in [2.45, 2.75) is 38.9 Å². The molecule has 0 radical (unpaired) electrons. The van der Waals surface area contributed by atoms with E-state index in [9.17, 15) is 22.8 Å². The summed E-state index contributed by atoms with van der Waals surface area (Å²) in [7, 11) is 0. The van der Waals surface area contributed by atoms with Gasteiger partial charge in [0.2, 0.25) is 11.8 Å². The molecule has 1 heterocycles. The molecule has 29 heavy (non-hydrogen) atoms. The zero-order valence-electron chi connectivity index (χ0n) is 16.4. The SMILES string of the molecule is CC(C)[C@@H](Nc1ccc(C(F)(F)F)cc1Cl)C(=O)N1CCN(C(=O)C2CC2)CC1. The standard InChI is InChI=1S/C20H25ClF3N3O2/c1-12(2)17(25-16-6-5-14(11-15(16)21)20(22,23)24)19(29)27-9-7-26(8-10-27)18(28)13-3-4-13/h5-6,11-13,17,25H,3-4,7-10H2,1-2H3/t17-/m1/s1. The smallest absolute Gasteiger partial charge is 0.372 e. The van der Waals surface area contributed by atoms with Crippen LogP contribution in [0.25, 0.3) is 0 Å². The van der Waals surface area contributed by atoms with Gasteiger partial charge in [-0.3, -0.25) is 9.59 Å². The Hall–Kier alpha value is -1.96. The van der Waals surface area contributed by atoms with Crippen LogP contribution in [-0.4, -0.2) is 53.8 Å². The van der Waals surface area contributed by atoms with Crippen LogP contribution in [0.5, 0.6) is 0 Å². The molecular formula is C20H25ClF3N3O2. The third-order valence-corrected chi connectivity index (χ3v) is 5.68. The van der Waals surface area contributed by atoms with Gasteiger partial charge in [-0.25, -0.2) is 0 Å². The van der Waals surface area contributed by atoms with Crippen LogP contribution >= 0.6 is 11.6 Å². The number of hydrogen-bond donors (Lipinski definition) is 1. The lowest BCUT2D eigenvalue weighted by molar-refractivity contribution is -0.141. The summed E-state index contributed by atoms with van der Waals surface area (Å²) in [6.07, 6.45) is -2.58. The highest BCUT2D eigenvalue weighted by atomic mass is 35.5. The fourth-order valence-corrected chi connectivity index (χ4v) is 3.66. The Kier molecular flexibility index (Phi) is 6.31. The van der Waals surface area contributed by atoms with Crippen molar-refractivity contribution in [2.24, 2.45) is 11.8 Å². The highest BCUT2D eigenvalue weighted by molar-refractivity contribution is 6.33. The van der Waals surface area contributed by atoms with E-state index in [1.165, 1.54) is 6.07 Å². The summed E-state index contributed by atoms with van der Waals surface area (Å²) in [4.78, 5) is 28.7. The summed E-state index contributed by atoms with van der Waals surface area (Å²) in [5.41, 5.74) is -0.550. The minimum absolute atomic E-state index is 0.0851. The van der Waals surface area contributed by atoms with E-state index in [2.05, 4.69) is 5.32 Å². The second-order valence-electron chi connectivity index (χ2n) is 7.98. The van der Waals surface area contributed by atoms with Gasteiger partial charge < -0.3 is 15.1 Å². The first kappa shape index (κ1) is 21.7. The van der Waals surface area contributed by atoms with Crippen molar-refractivity contribution in [2.75, 3.05) is 31.5 Å². The lowest BCUT2D eigenvalue weighted by atomic mass is 10.0. The van der Waals surface area contributed by atoms with Gasteiger partial charge in [0.25, 0.3) is 0 Å². The van der Waals surface area contributed by atoms with Gasteiger partial charge in [0.15, 0.2) is 0 Å². The molecule has 1 saturated carbocycles. The molecule has 1 saturated heterocycles. The summed E-state index contributed by atoms with van der Waals surface area (Å²) in [6, 6.07) is 2.42. The number of carbonyl (C=O) groups is 2. The normalized spacial score (nSPS) is 18.7. The Bertz CT molecular complexity index is 773. The molecule has 160 valence electrons. The summed E-state index contributed by atoms with van der Waals surface area (Å²) < 4.78 is 38.5. The molecule has 1 N–H and O–H groups in total. The highest BCUT2D eigenvalue weighted by Crippen LogP contribution is 2.34. The quantitative estimate of drug-likeness (QED) is 0.769. The first-order valence-electron chi connectivity index (χ1n) is 9.78. The Morgan fingerprint density at radius 3 is 2.17 bits per heavy atom. The van der Waals surface area contributed by atoms with Crippen LogP contribution in [0, 0.1) is 11.8 Å². The van der Waals surface area contributed by atoms with Gasteiger partial charge >= 0.3 is 6.18 Å². The number of piperazine rings is 1. The molecule has 2 fully saturated rings. The Labute approximate surface area is 173 Å². The van der Waals surface area contributed by atoms with Crippen LogP contribution in [0.15, 0.2) is 18.2 Å². The Morgan fingerprint density at radius 1 is 1.10 bits per heavy atom. The number of halogens is 4. The molecule has 1 aromatic rings. The number of amides is 2. The fraction of sp³-hybridized carbons (Fsp3) is 0.600. The maximum absolute atomic E-state index is 13.0. The maximum atomic E-state index is 13.0. The van der Waals surface area contributed by atoms with E-state index in [-0.39, 0.29) is 34.4 Å². The van der Waals surface area contributed by atoms with E-state index < -0.39 is 17.8 Å². The van der Waals surface area contributed by atoms with Crippen molar-refractivity contribution in [1.29, 1.82) is 0 Å². The van der Waals surface area contributed by atoms with Crippen LogP contribution in [0.3, 0.4) is 0 Å². The van der Waals surface area contributed by atoms with E-state index in [0.29, 0.717) is 26.2 Å². The van der Waals surface area contributed by atoms with Crippen molar-refractivity contribution in [3.05, 3.63) is 28.8 Å². The molecule has 0 aromatic heterocycles. The predicted molar refractivity (Wildman–Crippen MR) is 105 cm³/mol. The van der Waals surface area contributed by atoms with E-state index in [4.69, 9.17) is 11.6 Å². The van der Waals surface area contributed by atoms with Gasteiger partial charge in [0.05, 0.1) is 16.3 Å². The second kappa shape index (κ2) is 8.42. The third-order valence-electron chi connectivity index (χ3n) is 5.37. The zero-order valence-corrected chi connectivity index (χ0v) is 17.2. The molecule has 1 aliphatic heterocycles. The van der Waals surface area contributed by atoms with Gasteiger partial charge in [0, 0.05) is 32.1 Å². The van der Waals surface area contributed by atoms with Crippen molar-refractivity contribution in [1.82, 2.24) is 9.80 Å². The zero-order chi connectivity index (χ0) is 21.3. The van der Waals surface area contributed by atoms with E-state index in [1.807, 2.05) is 18.7 Å². The minimum Gasteiger partial charge on any atom is -0.372 e. The van der Waals surface area contributed by atoms with Crippen molar-refractivity contribution >= 4 is 29.1 Å². The highest BCUT2D eigenvalue weighted by Gasteiger charge is 2.37. The molecule has 1 aliphatic carbocycles.